The van der Waals surface area contributed by atoms with Crippen molar-refractivity contribution >= 4 is 5.91 Å². The Bertz CT molecular complexity index is 571. The Balaban J connectivity index is 2.19. The topological polar surface area (TPSA) is 86.3 Å². The van der Waals surface area contributed by atoms with Gasteiger partial charge < -0.3 is 29.4 Å². The fraction of sp³-hybridized carbons (Fsp3) is 0.632. The summed E-state index contributed by atoms with van der Waals surface area (Å²) in [7, 11) is 0. The fourth-order valence-electron chi connectivity index (χ4n) is 2.79. The molecular weight excluding hydrogens is 338 g/mol. The van der Waals surface area contributed by atoms with Crippen LogP contribution in [0.3, 0.4) is 0 Å². The smallest absolute Gasteiger partial charge is 0.251 e. The predicted octanol–water partition coefficient (Wildman–Crippen LogP) is 2.15. The van der Waals surface area contributed by atoms with E-state index in [2.05, 4.69) is 5.32 Å². The van der Waals surface area contributed by atoms with Crippen LogP contribution in [0.15, 0.2) is 12.1 Å². The third-order valence-electron chi connectivity index (χ3n) is 4.17. The van der Waals surface area contributed by atoms with Crippen LogP contribution in [0.1, 0.15) is 44.0 Å². The van der Waals surface area contributed by atoms with Gasteiger partial charge in [0.1, 0.15) is 0 Å². The van der Waals surface area contributed by atoms with Crippen molar-refractivity contribution in [2.24, 2.45) is 0 Å². The highest BCUT2D eigenvalue weighted by atomic mass is 16.5. The van der Waals surface area contributed by atoms with Gasteiger partial charge in [0.2, 0.25) is 5.75 Å². The van der Waals surface area contributed by atoms with Gasteiger partial charge in [-0.2, -0.15) is 0 Å². The number of nitrogens with one attached hydrogen (secondary N) is 1. The molecule has 0 atom stereocenters. The van der Waals surface area contributed by atoms with Crippen molar-refractivity contribution in [3.05, 3.63) is 17.7 Å². The molecule has 7 nitrogen and oxygen atoms in total. The van der Waals surface area contributed by atoms with E-state index in [1.54, 1.807) is 12.1 Å². The molecule has 2 N–H and O–H groups in total. The molecule has 0 spiro atoms. The lowest BCUT2D eigenvalue weighted by molar-refractivity contribution is -0.0605. The molecule has 1 heterocycles. The highest BCUT2D eigenvalue weighted by Gasteiger charge is 2.30. The molecule has 1 aliphatic heterocycles. The summed E-state index contributed by atoms with van der Waals surface area (Å²) in [6.45, 7) is 8.12. The maximum atomic E-state index is 12.6. The van der Waals surface area contributed by atoms with E-state index in [0.29, 0.717) is 68.7 Å². The first kappa shape index (κ1) is 20.3. The quantitative estimate of drug-likeness (QED) is 0.696. The minimum Gasteiger partial charge on any atom is -0.490 e. The zero-order chi connectivity index (χ0) is 19.0. The molecule has 26 heavy (non-hydrogen) atoms. The molecule has 1 fully saturated rings. The first-order valence-corrected chi connectivity index (χ1v) is 9.17. The van der Waals surface area contributed by atoms with Crippen molar-refractivity contribution in [1.82, 2.24) is 5.32 Å². The first-order chi connectivity index (χ1) is 12.5. The standard InChI is InChI=1S/C19H29NO6/c1-4-24-15-11-14(12-16(25-5-2)17(15)26-6-3)18(21)20-13-19(22)7-9-23-10-8-19/h11-12,22H,4-10,13H2,1-3H3,(H,20,21). The molecule has 1 aromatic carbocycles. The Labute approximate surface area is 154 Å². The van der Waals surface area contributed by atoms with Crippen LogP contribution in [0.25, 0.3) is 0 Å². The van der Waals surface area contributed by atoms with E-state index in [9.17, 15) is 9.90 Å². The zero-order valence-corrected chi connectivity index (χ0v) is 15.8. The summed E-state index contributed by atoms with van der Waals surface area (Å²) in [5, 5.41) is 13.3. The molecule has 0 aromatic heterocycles. The van der Waals surface area contributed by atoms with Crippen LogP contribution >= 0.6 is 0 Å². The van der Waals surface area contributed by atoms with Crippen LogP contribution in [0.5, 0.6) is 17.2 Å². The number of carbonyl (C=O) groups excluding carboxylic acids is 1. The average Bonchev–Trinajstić information content (AvgIpc) is 2.63. The molecule has 0 bridgehead atoms. The number of rotatable bonds is 9. The normalized spacial score (nSPS) is 16.0. The van der Waals surface area contributed by atoms with E-state index in [4.69, 9.17) is 18.9 Å². The molecule has 0 radical (unpaired) electrons. The Morgan fingerprint density at radius 2 is 1.62 bits per heavy atom. The molecule has 0 unspecified atom stereocenters. The van der Waals surface area contributed by atoms with Gasteiger partial charge in [-0.15, -0.1) is 0 Å². The number of hydrogen-bond acceptors (Lipinski definition) is 6. The van der Waals surface area contributed by atoms with Crippen molar-refractivity contribution in [1.29, 1.82) is 0 Å². The van der Waals surface area contributed by atoms with Gasteiger partial charge in [0, 0.05) is 38.2 Å². The Morgan fingerprint density at radius 1 is 1.08 bits per heavy atom. The van der Waals surface area contributed by atoms with Crippen LogP contribution in [0.2, 0.25) is 0 Å². The molecular formula is C19H29NO6. The van der Waals surface area contributed by atoms with E-state index in [-0.39, 0.29) is 12.5 Å². The molecule has 1 aromatic rings. The second kappa shape index (κ2) is 9.64. The van der Waals surface area contributed by atoms with E-state index in [1.165, 1.54) is 0 Å². The van der Waals surface area contributed by atoms with Crippen molar-refractivity contribution in [2.45, 2.75) is 39.2 Å². The Kier molecular flexibility index (Phi) is 7.53. The molecule has 1 aliphatic rings. The average molecular weight is 367 g/mol. The van der Waals surface area contributed by atoms with Gasteiger partial charge in [-0.3, -0.25) is 4.79 Å². The Hall–Kier alpha value is -1.99. The number of carbonyl (C=O) groups is 1. The highest BCUT2D eigenvalue weighted by molar-refractivity contribution is 5.95. The second-order valence-corrected chi connectivity index (χ2v) is 6.12. The third-order valence-corrected chi connectivity index (χ3v) is 4.17. The monoisotopic (exact) mass is 367 g/mol. The lowest BCUT2D eigenvalue weighted by Crippen LogP contribution is -2.46. The van der Waals surface area contributed by atoms with E-state index in [1.807, 2.05) is 20.8 Å². The van der Waals surface area contributed by atoms with Gasteiger partial charge in [-0.05, 0) is 32.9 Å². The summed E-state index contributed by atoms with van der Waals surface area (Å²) in [6.07, 6.45) is 1.01. The van der Waals surface area contributed by atoms with Crippen LogP contribution in [0.4, 0.5) is 0 Å². The summed E-state index contributed by atoms with van der Waals surface area (Å²) in [5.41, 5.74) is -0.527. The molecule has 0 saturated carbocycles. The summed E-state index contributed by atoms with van der Waals surface area (Å²) in [5.74, 6) is 1.14. The molecule has 2 rings (SSSR count). The van der Waals surface area contributed by atoms with Crippen molar-refractivity contribution in [2.75, 3.05) is 39.6 Å². The number of aliphatic hydroxyl groups is 1. The third kappa shape index (κ3) is 5.25. The minimum atomic E-state index is -0.926. The molecule has 7 heteroatoms. The van der Waals surface area contributed by atoms with Gasteiger partial charge >= 0.3 is 0 Å². The maximum absolute atomic E-state index is 12.6. The van der Waals surface area contributed by atoms with Gasteiger partial charge in [-0.25, -0.2) is 0 Å². The van der Waals surface area contributed by atoms with E-state index >= 15 is 0 Å². The van der Waals surface area contributed by atoms with Crippen LogP contribution in [-0.4, -0.2) is 56.2 Å². The molecule has 1 amide bonds. The first-order valence-electron chi connectivity index (χ1n) is 9.17. The lowest BCUT2D eigenvalue weighted by atomic mass is 9.94. The summed E-state index contributed by atoms with van der Waals surface area (Å²) >= 11 is 0. The van der Waals surface area contributed by atoms with Crippen LogP contribution < -0.4 is 19.5 Å². The number of benzene rings is 1. The SMILES string of the molecule is CCOc1cc(C(=O)NCC2(O)CCOCC2)cc(OCC)c1OCC. The fourth-order valence-corrected chi connectivity index (χ4v) is 2.79. The van der Waals surface area contributed by atoms with E-state index in [0.717, 1.165) is 0 Å². The van der Waals surface area contributed by atoms with Gasteiger partial charge in [0.15, 0.2) is 11.5 Å². The van der Waals surface area contributed by atoms with Gasteiger partial charge in [-0.1, -0.05) is 0 Å². The van der Waals surface area contributed by atoms with Gasteiger partial charge in [0.25, 0.3) is 5.91 Å². The van der Waals surface area contributed by atoms with Crippen LogP contribution in [-0.2, 0) is 4.74 Å². The predicted molar refractivity (Wildman–Crippen MR) is 97.3 cm³/mol. The zero-order valence-electron chi connectivity index (χ0n) is 15.8. The number of ether oxygens (including phenoxy) is 4. The number of amides is 1. The summed E-state index contributed by atoms with van der Waals surface area (Å²) in [6, 6.07) is 3.28. The van der Waals surface area contributed by atoms with Crippen molar-refractivity contribution in [3.63, 3.8) is 0 Å². The van der Waals surface area contributed by atoms with Crippen molar-refractivity contribution in [3.8, 4) is 17.2 Å². The lowest BCUT2D eigenvalue weighted by Gasteiger charge is -2.32. The number of hydrogen-bond donors (Lipinski definition) is 2. The Morgan fingerprint density at radius 3 is 2.12 bits per heavy atom. The highest BCUT2D eigenvalue weighted by Crippen LogP contribution is 2.39. The van der Waals surface area contributed by atoms with Gasteiger partial charge in [0.05, 0.1) is 25.4 Å². The van der Waals surface area contributed by atoms with E-state index < -0.39 is 5.60 Å². The van der Waals surface area contributed by atoms with Crippen LogP contribution in [0, 0.1) is 0 Å². The minimum absolute atomic E-state index is 0.177. The second-order valence-electron chi connectivity index (χ2n) is 6.12. The van der Waals surface area contributed by atoms with Crippen molar-refractivity contribution < 1.29 is 28.8 Å². The molecule has 1 saturated heterocycles. The maximum Gasteiger partial charge on any atom is 0.251 e. The molecule has 0 aliphatic carbocycles. The summed E-state index contributed by atoms with van der Waals surface area (Å²) in [4.78, 5) is 12.6. The largest absolute Gasteiger partial charge is 0.490 e. The summed E-state index contributed by atoms with van der Waals surface area (Å²) < 4.78 is 22.2. The molecule has 146 valence electrons.